The highest BCUT2D eigenvalue weighted by molar-refractivity contribution is 14.0. The van der Waals surface area contributed by atoms with Gasteiger partial charge in [-0.25, -0.2) is 0 Å². The van der Waals surface area contributed by atoms with Crippen molar-refractivity contribution in [3.05, 3.63) is 35.4 Å². The number of nitrogens with one attached hydrogen (secondary N) is 1. The fraction of sp³-hybridized carbons (Fsp3) is 0.667. The molecule has 0 bridgehead atoms. The Morgan fingerprint density at radius 3 is 2.54 bits per heavy atom. The second-order valence-corrected chi connectivity index (χ2v) is 7.61. The lowest BCUT2D eigenvalue weighted by Crippen LogP contribution is -2.47. The standard InChI is InChI=1S/C21H34N4O2.HI/c1-17-4-6-19(7-5-17)20(25-9-12-26-13-10-25)14-23-21(22-2)24(3)15-18-8-11-27-16-18;/h4-7,18,20H,8-16H2,1-3H3,(H,22,23);1H. The Kier molecular flexibility index (Phi) is 9.98. The van der Waals surface area contributed by atoms with Crippen molar-refractivity contribution in [2.24, 2.45) is 10.9 Å². The van der Waals surface area contributed by atoms with Crippen molar-refractivity contribution < 1.29 is 9.47 Å². The first-order valence-corrected chi connectivity index (χ1v) is 10.0. The lowest BCUT2D eigenvalue weighted by molar-refractivity contribution is 0.0169. The number of benzene rings is 1. The number of nitrogens with zero attached hydrogens (tertiary/aromatic N) is 3. The Bertz CT molecular complexity index is 599. The van der Waals surface area contributed by atoms with Gasteiger partial charge in [-0.2, -0.15) is 0 Å². The minimum Gasteiger partial charge on any atom is -0.381 e. The van der Waals surface area contributed by atoms with Gasteiger partial charge in [0.15, 0.2) is 5.96 Å². The summed E-state index contributed by atoms with van der Waals surface area (Å²) in [6.45, 7) is 9.24. The molecule has 1 N–H and O–H groups in total. The monoisotopic (exact) mass is 502 g/mol. The van der Waals surface area contributed by atoms with E-state index in [-0.39, 0.29) is 24.0 Å². The fourth-order valence-electron chi connectivity index (χ4n) is 3.91. The summed E-state index contributed by atoms with van der Waals surface area (Å²) in [5, 5.41) is 3.61. The number of morpholine rings is 1. The number of rotatable bonds is 6. The first-order valence-electron chi connectivity index (χ1n) is 10.0. The van der Waals surface area contributed by atoms with Gasteiger partial charge >= 0.3 is 0 Å². The predicted octanol–water partition coefficient (Wildman–Crippen LogP) is 2.53. The summed E-state index contributed by atoms with van der Waals surface area (Å²) >= 11 is 0. The van der Waals surface area contributed by atoms with Gasteiger partial charge in [0.05, 0.1) is 25.9 Å². The van der Waals surface area contributed by atoms with Crippen LogP contribution in [0.15, 0.2) is 29.3 Å². The van der Waals surface area contributed by atoms with Gasteiger partial charge in [-0.15, -0.1) is 24.0 Å². The Balaban J connectivity index is 0.00000280. The van der Waals surface area contributed by atoms with E-state index < -0.39 is 0 Å². The van der Waals surface area contributed by atoms with E-state index in [0.717, 1.165) is 65.0 Å². The van der Waals surface area contributed by atoms with Crippen molar-refractivity contribution in [3.63, 3.8) is 0 Å². The molecule has 0 radical (unpaired) electrons. The molecule has 0 spiro atoms. The molecule has 0 saturated carbocycles. The quantitative estimate of drug-likeness (QED) is 0.368. The van der Waals surface area contributed by atoms with E-state index in [1.54, 1.807) is 0 Å². The summed E-state index contributed by atoms with van der Waals surface area (Å²) in [6, 6.07) is 9.21. The van der Waals surface area contributed by atoms with Crippen molar-refractivity contribution in [1.82, 2.24) is 15.1 Å². The van der Waals surface area contributed by atoms with Gasteiger partial charge in [0.2, 0.25) is 0 Å². The van der Waals surface area contributed by atoms with Gasteiger partial charge in [-0.3, -0.25) is 9.89 Å². The lowest BCUT2D eigenvalue weighted by atomic mass is 10.0. The van der Waals surface area contributed by atoms with Crippen molar-refractivity contribution in [3.8, 4) is 0 Å². The summed E-state index contributed by atoms with van der Waals surface area (Å²) in [4.78, 5) is 9.24. The molecule has 2 saturated heterocycles. The van der Waals surface area contributed by atoms with E-state index in [0.29, 0.717) is 12.0 Å². The normalized spacial score (nSPS) is 21.8. The van der Waals surface area contributed by atoms with E-state index in [1.165, 1.54) is 11.1 Å². The van der Waals surface area contributed by atoms with Crippen molar-refractivity contribution in [2.75, 3.05) is 66.7 Å². The molecule has 0 amide bonds. The predicted molar refractivity (Wildman–Crippen MR) is 125 cm³/mol. The second kappa shape index (κ2) is 11.9. The Morgan fingerprint density at radius 2 is 1.93 bits per heavy atom. The number of aliphatic imine (C=N–C) groups is 1. The molecule has 2 heterocycles. The number of guanidine groups is 1. The number of aryl methyl sites for hydroxylation is 1. The van der Waals surface area contributed by atoms with Crippen LogP contribution in [0.3, 0.4) is 0 Å². The van der Waals surface area contributed by atoms with Crippen LogP contribution in [0.5, 0.6) is 0 Å². The van der Waals surface area contributed by atoms with Crippen LogP contribution in [0.1, 0.15) is 23.6 Å². The van der Waals surface area contributed by atoms with Crippen molar-refractivity contribution >= 4 is 29.9 Å². The van der Waals surface area contributed by atoms with E-state index >= 15 is 0 Å². The molecular formula is C21H35IN4O2. The topological polar surface area (TPSA) is 49.3 Å². The smallest absolute Gasteiger partial charge is 0.193 e. The zero-order valence-electron chi connectivity index (χ0n) is 17.4. The van der Waals surface area contributed by atoms with E-state index in [4.69, 9.17) is 9.47 Å². The summed E-state index contributed by atoms with van der Waals surface area (Å²) in [5.74, 6) is 1.55. The first-order chi connectivity index (χ1) is 13.2. The van der Waals surface area contributed by atoms with Gasteiger partial charge in [-0.1, -0.05) is 29.8 Å². The highest BCUT2D eigenvalue weighted by Crippen LogP contribution is 2.22. The maximum atomic E-state index is 5.56. The van der Waals surface area contributed by atoms with Crippen LogP contribution in [0, 0.1) is 12.8 Å². The van der Waals surface area contributed by atoms with Crippen LogP contribution in [0.4, 0.5) is 0 Å². The molecule has 1 aromatic carbocycles. The molecule has 2 fully saturated rings. The summed E-state index contributed by atoms with van der Waals surface area (Å²) in [5.41, 5.74) is 2.64. The third-order valence-corrected chi connectivity index (χ3v) is 5.53. The molecule has 3 rings (SSSR count). The Labute approximate surface area is 186 Å². The first kappa shape index (κ1) is 23.4. The van der Waals surface area contributed by atoms with E-state index in [2.05, 4.69) is 58.3 Å². The van der Waals surface area contributed by atoms with Crippen molar-refractivity contribution in [1.29, 1.82) is 0 Å². The molecule has 28 heavy (non-hydrogen) atoms. The third kappa shape index (κ3) is 6.57. The number of hydrogen-bond acceptors (Lipinski definition) is 4. The van der Waals surface area contributed by atoms with Crippen LogP contribution in [-0.4, -0.2) is 82.5 Å². The minimum atomic E-state index is 0. The molecule has 0 aliphatic carbocycles. The number of ether oxygens (including phenoxy) is 2. The Morgan fingerprint density at radius 1 is 1.21 bits per heavy atom. The lowest BCUT2D eigenvalue weighted by Gasteiger charge is -2.36. The molecule has 7 heteroatoms. The van der Waals surface area contributed by atoms with Gasteiger partial charge in [-0.05, 0) is 18.9 Å². The SMILES string of the molecule is CN=C(NCC(c1ccc(C)cc1)N1CCOCC1)N(C)CC1CCOC1.I. The van der Waals surface area contributed by atoms with Gasteiger partial charge < -0.3 is 19.7 Å². The molecular weight excluding hydrogens is 467 g/mol. The molecule has 2 atom stereocenters. The van der Waals surface area contributed by atoms with Crippen LogP contribution in [-0.2, 0) is 9.47 Å². The number of halogens is 1. The number of hydrogen-bond donors (Lipinski definition) is 1. The molecule has 1 aromatic rings. The zero-order valence-corrected chi connectivity index (χ0v) is 19.7. The molecule has 2 unspecified atom stereocenters. The molecule has 2 aliphatic rings. The van der Waals surface area contributed by atoms with Crippen LogP contribution < -0.4 is 5.32 Å². The Hall–Kier alpha value is -0.900. The average molecular weight is 502 g/mol. The van der Waals surface area contributed by atoms with Gasteiger partial charge in [0.1, 0.15) is 0 Å². The summed E-state index contributed by atoms with van der Waals surface area (Å²) in [6.07, 6.45) is 1.14. The average Bonchev–Trinajstić information content (AvgIpc) is 3.20. The molecule has 158 valence electrons. The van der Waals surface area contributed by atoms with Gasteiger partial charge in [0, 0.05) is 52.8 Å². The van der Waals surface area contributed by atoms with E-state index in [9.17, 15) is 0 Å². The van der Waals surface area contributed by atoms with E-state index in [1.807, 2.05) is 7.05 Å². The second-order valence-electron chi connectivity index (χ2n) is 7.61. The largest absolute Gasteiger partial charge is 0.381 e. The summed E-state index contributed by atoms with van der Waals surface area (Å²) in [7, 11) is 3.98. The zero-order chi connectivity index (χ0) is 19.1. The fourth-order valence-corrected chi connectivity index (χ4v) is 3.91. The molecule has 6 nitrogen and oxygen atoms in total. The van der Waals surface area contributed by atoms with Crippen LogP contribution in [0.25, 0.3) is 0 Å². The summed E-state index contributed by atoms with van der Waals surface area (Å²) < 4.78 is 11.1. The molecule has 0 aromatic heterocycles. The third-order valence-electron chi connectivity index (χ3n) is 5.53. The maximum Gasteiger partial charge on any atom is 0.193 e. The highest BCUT2D eigenvalue weighted by atomic mass is 127. The van der Waals surface area contributed by atoms with Gasteiger partial charge in [0.25, 0.3) is 0 Å². The molecule has 2 aliphatic heterocycles. The minimum absolute atomic E-state index is 0. The van der Waals surface area contributed by atoms with Crippen molar-refractivity contribution in [2.45, 2.75) is 19.4 Å². The van der Waals surface area contributed by atoms with Crippen LogP contribution >= 0.6 is 24.0 Å². The van der Waals surface area contributed by atoms with Crippen LogP contribution in [0.2, 0.25) is 0 Å². The maximum absolute atomic E-state index is 5.56. The highest BCUT2D eigenvalue weighted by Gasteiger charge is 2.24.